The van der Waals surface area contributed by atoms with Crippen LogP contribution in [0.1, 0.15) is 39.5 Å². The molecule has 1 amide bonds. The monoisotopic (exact) mass is 252 g/mol. The molecule has 0 saturated heterocycles. The molecule has 100 valence electrons. The Morgan fingerprint density at radius 2 is 1.83 bits per heavy atom. The highest BCUT2D eigenvalue weighted by molar-refractivity contribution is 5.88. The van der Waals surface area contributed by atoms with Gasteiger partial charge >= 0.3 is 0 Å². The first-order valence-electron chi connectivity index (χ1n) is 6.38. The van der Waals surface area contributed by atoms with Crippen LogP contribution in [0.25, 0.3) is 0 Å². The van der Waals surface area contributed by atoms with Gasteiger partial charge in [-0.25, -0.2) is 4.39 Å². The van der Waals surface area contributed by atoms with E-state index in [0.717, 1.165) is 12.8 Å². The van der Waals surface area contributed by atoms with Gasteiger partial charge in [-0.15, -0.1) is 0 Å². The highest BCUT2D eigenvalue weighted by Crippen LogP contribution is 2.26. The highest BCUT2D eigenvalue weighted by Gasteiger charge is 2.35. The predicted molar refractivity (Wildman–Crippen MR) is 71.8 cm³/mol. The van der Waals surface area contributed by atoms with E-state index in [1.165, 1.54) is 6.07 Å². The summed E-state index contributed by atoms with van der Waals surface area (Å²) < 4.78 is 13.6. The molecule has 1 aromatic rings. The molecular formula is C14H21FN2O. The number of para-hydroxylation sites is 1. The molecule has 0 unspecified atom stereocenters. The summed E-state index contributed by atoms with van der Waals surface area (Å²) in [5, 5.41) is 3.01. The van der Waals surface area contributed by atoms with Crippen molar-refractivity contribution in [3.05, 3.63) is 30.1 Å². The second kappa shape index (κ2) is 6.38. The lowest BCUT2D eigenvalue weighted by molar-refractivity contribution is -0.122. The summed E-state index contributed by atoms with van der Waals surface area (Å²) in [5.41, 5.74) is 4.99. The van der Waals surface area contributed by atoms with E-state index in [-0.39, 0.29) is 5.82 Å². The Balaban J connectivity index is 3.03. The quantitative estimate of drug-likeness (QED) is 0.783. The van der Waals surface area contributed by atoms with E-state index in [4.69, 9.17) is 5.73 Å². The molecule has 4 heteroatoms. The summed E-state index contributed by atoms with van der Waals surface area (Å²) in [6, 6.07) is 6.34. The minimum absolute atomic E-state index is 0.332. The van der Waals surface area contributed by atoms with Crippen molar-refractivity contribution in [2.24, 2.45) is 5.73 Å². The number of carbonyl (C=O) groups excluding carboxylic acids is 1. The van der Waals surface area contributed by atoms with Crippen LogP contribution >= 0.6 is 0 Å². The van der Waals surface area contributed by atoms with E-state index in [1.807, 2.05) is 13.8 Å². The largest absolute Gasteiger partial charge is 0.369 e. The van der Waals surface area contributed by atoms with Crippen molar-refractivity contribution >= 4 is 11.6 Å². The van der Waals surface area contributed by atoms with Gasteiger partial charge in [-0.1, -0.05) is 38.8 Å². The van der Waals surface area contributed by atoms with Crippen LogP contribution in [0.3, 0.4) is 0 Å². The maximum atomic E-state index is 13.6. The number of amides is 1. The van der Waals surface area contributed by atoms with Crippen LogP contribution in [0.2, 0.25) is 0 Å². The van der Waals surface area contributed by atoms with Gasteiger partial charge < -0.3 is 11.1 Å². The zero-order valence-electron chi connectivity index (χ0n) is 11.0. The molecule has 3 N–H and O–H groups in total. The molecule has 18 heavy (non-hydrogen) atoms. The molecule has 0 radical (unpaired) electrons. The van der Waals surface area contributed by atoms with Gasteiger partial charge in [-0.3, -0.25) is 4.79 Å². The minimum Gasteiger partial charge on any atom is -0.369 e. The lowest BCUT2D eigenvalue weighted by Gasteiger charge is -2.32. The van der Waals surface area contributed by atoms with Gasteiger partial charge in [0.25, 0.3) is 0 Å². The van der Waals surface area contributed by atoms with Crippen molar-refractivity contribution in [3.63, 3.8) is 0 Å². The van der Waals surface area contributed by atoms with E-state index in [2.05, 4.69) is 5.32 Å². The van der Waals surface area contributed by atoms with Crippen LogP contribution in [0, 0.1) is 5.82 Å². The normalized spacial score (nSPS) is 11.3. The number of hydrogen-bond acceptors (Lipinski definition) is 2. The summed E-state index contributed by atoms with van der Waals surface area (Å²) in [6.45, 7) is 3.97. The molecule has 0 bridgehead atoms. The molecule has 0 atom stereocenters. The summed E-state index contributed by atoms with van der Waals surface area (Å²) in [5.74, 6) is -0.787. The van der Waals surface area contributed by atoms with Crippen LogP contribution < -0.4 is 11.1 Å². The SMILES string of the molecule is CCCC(CCC)(Nc1ccccc1F)C(N)=O. The Labute approximate surface area is 108 Å². The highest BCUT2D eigenvalue weighted by atomic mass is 19.1. The second-order valence-corrected chi connectivity index (χ2v) is 4.55. The molecule has 0 saturated carbocycles. The fraction of sp³-hybridized carbons (Fsp3) is 0.500. The molecule has 0 spiro atoms. The topological polar surface area (TPSA) is 55.1 Å². The smallest absolute Gasteiger partial charge is 0.243 e. The van der Waals surface area contributed by atoms with Crippen molar-refractivity contribution in [3.8, 4) is 0 Å². The summed E-state index contributed by atoms with van der Waals surface area (Å²) in [4.78, 5) is 11.8. The third kappa shape index (κ3) is 3.22. The summed E-state index contributed by atoms with van der Waals surface area (Å²) in [7, 11) is 0. The van der Waals surface area contributed by atoms with Crippen molar-refractivity contribution in [2.45, 2.75) is 45.1 Å². The van der Waals surface area contributed by atoms with Crippen LogP contribution in [0.5, 0.6) is 0 Å². The van der Waals surface area contributed by atoms with Crippen LogP contribution in [0.4, 0.5) is 10.1 Å². The molecule has 0 fully saturated rings. The fourth-order valence-electron chi connectivity index (χ4n) is 2.23. The number of hydrogen-bond donors (Lipinski definition) is 2. The zero-order valence-corrected chi connectivity index (χ0v) is 11.0. The first-order valence-corrected chi connectivity index (χ1v) is 6.38. The number of nitrogens with two attached hydrogens (primary N) is 1. The average Bonchev–Trinajstić information content (AvgIpc) is 2.32. The number of halogens is 1. The molecule has 3 nitrogen and oxygen atoms in total. The summed E-state index contributed by atoms with van der Waals surface area (Å²) >= 11 is 0. The second-order valence-electron chi connectivity index (χ2n) is 4.55. The number of benzene rings is 1. The Hall–Kier alpha value is -1.58. The van der Waals surface area contributed by atoms with Gasteiger partial charge in [0.2, 0.25) is 5.91 Å². The van der Waals surface area contributed by atoms with Crippen LogP contribution in [0.15, 0.2) is 24.3 Å². The molecule has 0 aliphatic heterocycles. The molecular weight excluding hydrogens is 231 g/mol. The first-order chi connectivity index (χ1) is 8.55. The molecule has 0 aliphatic rings. The molecule has 1 rings (SSSR count). The standard InChI is InChI=1S/C14H21FN2O/c1-3-9-14(10-4-2,13(16)18)17-12-8-6-5-7-11(12)15/h5-8,17H,3-4,9-10H2,1-2H3,(H2,16,18). The first kappa shape index (κ1) is 14.5. The molecule has 0 aliphatic carbocycles. The van der Waals surface area contributed by atoms with Crippen LogP contribution in [-0.2, 0) is 4.79 Å². The van der Waals surface area contributed by atoms with Crippen molar-refractivity contribution < 1.29 is 9.18 Å². The Morgan fingerprint density at radius 3 is 2.28 bits per heavy atom. The maximum Gasteiger partial charge on any atom is 0.243 e. The number of nitrogens with one attached hydrogen (secondary N) is 1. The van der Waals surface area contributed by atoms with E-state index >= 15 is 0 Å². The minimum atomic E-state index is -0.855. The van der Waals surface area contributed by atoms with Gasteiger partial charge in [0, 0.05) is 0 Å². The van der Waals surface area contributed by atoms with Crippen LogP contribution in [-0.4, -0.2) is 11.4 Å². The number of anilines is 1. The maximum absolute atomic E-state index is 13.6. The van der Waals surface area contributed by atoms with Gasteiger partial charge in [0.15, 0.2) is 0 Å². The van der Waals surface area contributed by atoms with Gasteiger partial charge in [-0.2, -0.15) is 0 Å². The summed E-state index contributed by atoms with van der Waals surface area (Å²) in [6.07, 6.45) is 2.82. The Bertz CT molecular complexity index is 401. The van der Waals surface area contributed by atoms with E-state index in [0.29, 0.717) is 18.5 Å². The van der Waals surface area contributed by atoms with E-state index < -0.39 is 11.4 Å². The number of rotatable bonds is 7. The predicted octanol–water partition coefficient (Wildman–Crippen LogP) is 3.06. The average molecular weight is 252 g/mol. The number of primary amides is 1. The van der Waals surface area contributed by atoms with Gasteiger partial charge in [-0.05, 0) is 25.0 Å². The third-order valence-electron chi connectivity index (χ3n) is 3.07. The van der Waals surface area contributed by atoms with Crippen molar-refractivity contribution in [1.82, 2.24) is 0 Å². The third-order valence-corrected chi connectivity index (χ3v) is 3.07. The number of carbonyl (C=O) groups is 1. The molecule has 0 aromatic heterocycles. The molecule has 1 aromatic carbocycles. The lowest BCUT2D eigenvalue weighted by Crippen LogP contribution is -2.50. The lowest BCUT2D eigenvalue weighted by atomic mass is 9.87. The van der Waals surface area contributed by atoms with Crippen molar-refractivity contribution in [1.29, 1.82) is 0 Å². The van der Waals surface area contributed by atoms with E-state index in [9.17, 15) is 9.18 Å². The fourth-order valence-corrected chi connectivity index (χ4v) is 2.23. The Morgan fingerprint density at radius 1 is 1.28 bits per heavy atom. The van der Waals surface area contributed by atoms with Gasteiger partial charge in [0.05, 0.1) is 5.69 Å². The van der Waals surface area contributed by atoms with Gasteiger partial charge in [0.1, 0.15) is 11.4 Å². The van der Waals surface area contributed by atoms with E-state index in [1.54, 1.807) is 18.2 Å². The Kier molecular flexibility index (Phi) is 5.13. The van der Waals surface area contributed by atoms with Crippen molar-refractivity contribution in [2.75, 3.05) is 5.32 Å². The molecule has 0 heterocycles. The zero-order chi connectivity index (χ0) is 13.6.